The van der Waals surface area contributed by atoms with Crippen LogP contribution < -0.4 is 10.6 Å². The molecule has 27 heavy (non-hydrogen) atoms. The monoisotopic (exact) mass is 482 g/mol. The first-order chi connectivity index (χ1) is 12.7. The fraction of sp³-hybridized carbons (Fsp3) is 0.500. The Kier molecular flexibility index (Phi) is 6.75. The van der Waals surface area contributed by atoms with Gasteiger partial charge in [0.1, 0.15) is 6.54 Å². The van der Waals surface area contributed by atoms with Gasteiger partial charge >= 0.3 is 0 Å². The van der Waals surface area contributed by atoms with Crippen LogP contribution in [0.5, 0.6) is 0 Å². The predicted octanol–water partition coefficient (Wildman–Crippen LogP) is 3.64. The minimum Gasteiger partial charge on any atom is -0.439 e. The van der Waals surface area contributed by atoms with E-state index in [-0.39, 0.29) is 24.0 Å². The number of rotatable bonds is 5. The number of aromatic nitrogens is 1. The minimum atomic E-state index is 0. The van der Waals surface area contributed by atoms with E-state index in [2.05, 4.69) is 46.6 Å². The summed E-state index contributed by atoms with van der Waals surface area (Å²) in [7, 11) is 0. The van der Waals surface area contributed by atoms with Crippen molar-refractivity contribution in [3.63, 3.8) is 0 Å². The summed E-state index contributed by atoms with van der Waals surface area (Å²) in [6.07, 6.45) is 5.89. The maximum Gasteiger partial charge on any atom is 0.216 e. The molecule has 3 unspecified atom stereocenters. The van der Waals surface area contributed by atoms with Gasteiger partial charge in [0, 0.05) is 12.1 Å². The molecular formula is C20H27IN4O2. The van der Waals surface area contributed by atoms with Gasteiger partial charge in [-0.2, -0.15) is 0 Å². The molecule has 1 aromatic heterocycles. The molecule has 6 nitrogen and oxygen atoms in total. The Balaban J connectivity index is 0.00000210. The highest BCUT2D eigenvalue weighted by Crippen LogP contribution is 2.34. The zero-order valence-electron chi connectivity index (χ0n) is 15.8. The lowest BCUT2D eigenvalue weighted by molar-refractivity contribution is 0.0992. The van der Waals surface area contributed by atoms with Gasteiger partial charge in [-0.1, -0.05) is 29.8 Å². The van der Waals surface area contributed by atoms with Crippen LogP contribution in [0.4, 0.5) is 0 Å². The van der Waals surface area contributed by atoms with Crippen LogP contribution in [0.15, 0.2) is 39.9 Å². The molecule has 146 valence electrons. The standard InChI is InChI=1S/C20H26N4O2.HI/c1-3-21-20(24-16-10-15-8-9-17(16)25-15)23-12-19-22-11-18(26-19)14-6-4-13(2)5-7-14;/h4-7,11,15-17H,3,8-10,12H2,1-2H3,(H2,21,23,24);1H. The van der Waals surface area contributed by atoms with Gasteiger partial charge < -0.3 is 19.8 Å². The van der Waals surface area contributed by atoms with E-state index in [1.165, 1.54) is 12.0 Å². The van der Waals surface area contributed by atoms with E-state index in [4.69, 9.17) is 9.15 Å². The van der Waals surface area contributed by atoms with Crippen molar-refractivity contribution in [2.75, 3.05) is 6.54 Å². The molecule has 2 aromatic rings. The zero-order valence-corrected chi connectivity index (χ0v) is 18.1. The first-order valence-corrected chi connectivity index (χ1v) is 9.43. The number of nitrogens with one attached hydrogen (secondary N) is 2. The highest BCUT2D eigenvalue weighted by atomic mass is 127. The SMILES string of the molecule is CCNC(=NCc1ncc(-c2ccc(C)cc2)o1)NC1CC2CCC1O2.I. The van der Waals surface area contributed by atoms with Crippen molar-refractivity contribution >= 4 is 29.9 Å². The van der Waals surface area contributed by atoms with Crippen LogP contribution in [0.25, 0.3) is 11.3 Å². The van der Waals surface area contributed by atoms with Crippen molar-refractivity contribution in [2.24, 2.45) is 4.99 Å². The van der Waals surface area contributed by atoms with Gasteiger partial charge in [-0.05, 0) is 33.1 Å². The molecule has 2 aliphatic heterocycles. The Labute approximate surface area is 177 Å². The maximum atomic E-state index is 5.91. The minimum absolute atomic E-state index is 0. The average Bonchev–Trinajstić information content (AvgIpc) is 3.37. The molecule has 2 aliphatic rings. The third kappa shape index (κ3) is 4.82. The molecular weight excluding hydrogens is 455 g/mol. The third-order valence-corrected chi connectivity index (χ3v) is 5.03. The number of aliphatic imine (C=N–C) groups is 1. The summed E-state index contributed by atoms with van der Waals surface area (Å²) in [6.45, 7) is 5.35. The molecule has 4 rings (SSSR count). The predicted molar refractivity (Wildman–Crippen MR) is 116 cm³/mol. The molecule has 0 spiro atoms. The Morgan fingerprint density at radius 3 is 2.74 bits per heavy atom. The second-order valence-corrected chi connectivity index (χ2v) is 7.04. The number of guanidine groups is 1. The molecule has 3 atom stereocenters. The van der Waals surface area contributed by atoms with Gasteiger partial charge in [0.2, 0.25) is 5.89 Å². The van der Waals surface area contributed by atoms with Gasteiger partial charge in [0.25, 0.3) is 0 Å². The Bertz CT molecular complexity index is 775. The summed E-state index contributed by atoms with van der Waals surface area (Å²) < 4.78 is 11.8. The van der Waals surface area contributed by atoms with Crippen molar-refractivity contribution in [3.05, 3.63) is 41.9 Å². The van der Waals surface area contributed by atoms with Crippen LogP contribution >= 0.6 is 24.0 Å². The summed E-state index contributed by atoms with van der Waals surface area (Å²) in [6, 6.07) is 8.58. The molecule has 0 saturated carbocycles. The number of aryl methyl sites for hydroxylation is 1. The van der Waals surface area contributed by atoms with Crippen LogP contribution in [-0.2, 0) is 11.3 Å². The van der Waals surface area contributed by atoms with E-state index in [9.17, 15) is 0 Å². The van der Waals surface area contributed by atoms with Gasteiger partial charge in [0.15, 0.2) is 11.7 Å². The molecule has 0 radical (unpaired) electrons. The average molecular weight is 482 g/mol. The zero-order chi connectivity index (χ0) is 17.9. The first-order valence-electron chi connectivity index (χ1n) is 9.43. The number of ether oxygens (including phenoxy) is 1. The number of nitrogens with zero attached hydrogens (tertiary/aromatic N) is 2. The van der Waals surface area contributed by atoms with Crippen molar-refractivity contribution < 1.29 is 9.15 Å². The molecule has 2 saturated heterocycles. The van der Waals surface area contributed by atoms with E-state index in [0.717, 1.165) is 36.7 Å². The topological polar surface area (TPSA) is 71.7 Å². The van der Waals surface area contributed by atoms with E-state index < -0.39 is 0 Å². The van der Waals surface area contributed by atoms with Gasteiger partial charge in [-0.25, -0.2) is 9.98 Å². The summed E-state index contributed by atoms with van der Waals surface area (Å²) >= 11 is 0. The van der Waals surface area contributed by atoms with Crippen molar-refractivity contribution in [1.29, 1.82) is 0 Å². The van der Waals surface area contributed by atoms with E-state index >= 15 is 0 Å². The summed E-state index contributed by atoms with van der Waals surface area (Å²) in [5, 5.41) is 6.81. The maximum absolute atomic E-state index is 5.91. The van der Waals surface area contributed by atoms with E-state index in [0.29, 0.717) is 30.7 Å². The molecule has 2 N–H and O–H groups in total. The Morgan fingerprint density at radius 1 is 1.26 bits per heavy atom. The quantitative estimate of drug-likeness (QED) is 0.387. The number of benzene rings is 1. The summed E-state index contributed by atoms with van der Waals surface area (Å²) in [5.41, 5.74) is 2.26. The van der Waals surface area contributed by atoms with Gasteiger partial charge in [-0.3, -0.25) is 0 Å². The molecule has 3 heterocycles. The summed E-state index contributed by atoms with van der Waals surface area (Å²) in [4.78, 5) is 9.00. The third-order valence-electron chi connectivity index (χ3n) is 5.03. The second kappa shape index (κ2) is 9.05. The molecule has 0 aliphatic carbocycles. The Morgan fingerprint density at radius 2 is 2.07 bits per heavy atom. The van der Waals surface area contributed by atoms with Crippen LogP contribution in [0.3, 0.4) is 0 Å². The molecule has 2 fully saturated rings. The highest BCUT2D eigenvalue weighted by molar-refractivity contribution is 14.0. The van der Waals surface area contributed by atoms with Crippen LogP contribution in [0.2, 0.25) is 0 Å². The number of hydrogen-bond acceptors (Lipinski definition) is 4. The highest BCUT2D eigenvalue weighted by Gasteiger charge is 2.41. The largest absolute Gasteiger partial charge is 0.439 e. The fourth-order valence-corrected chi connectivity index (χ4v) is 3.67. The van der Waals surface area contributed by atoms with E-state index in [1.807, 2.05) is 12.1 Å². The molecule has 7 heteroatoms. The second-order valence-electron chi connectivity index (χ2n) is 7.04. The van der Waals surface area contributed by atoms with Crippen LogP contribution in [-0.4, -0.2) is 35.7 Å². The number of fused-ring (bicyclic) bond motifs is 2. The van der Waals surface area contributed by atoms with Crippen LogP contribution in [0, 0.1) is 6.92 Å². The lowest BCUT2D eigenvalue weighted by atomic mass is 9.96. The molecule has 0 amide bonds. The Hall–Kier alpha value is -1.61. The first kappa shape index (κ1) is 20.1. The molecule has 2 bridgehead atoms. The summed E-state index contributed by atoms with van der Waals surface area (Å²) in [5.74, 6) is 2.18. The lowest BCUT2D eigenvalue weighted by Crippen LogP contribution is -2.47. The van der Waals surface area contributed by atoms with Crippen molar-refractivity contribution in [3.8, 4) is 11.3 Å². The number of halogens is 1. The normalized spacial score (nSPS) is 23.9. The van der Waals surface area contributed by atoms with Crippen molar-refractivity contribution in [2.45, 2.75) is 57.9 Å². The fourth-order valence-electron chi connectivity index (χ4n) is 3.67. The van der Waals surface area contributed by atoms with Gasteiger partial charge in [-0.15, -0.1) is 24.0 Å². The number of hydrogen-bond donors (Lipinski definition) is 2. The lowest BCUT2D eigenvalue weighted by Gasteiger charge is -2.22. The smallest absolute Gasteiger partial charge is 0.216 e. The number of oxazole rings is 1. The molecule has 1 aromatic carbocycles. The van der Waals surface area contributed by atoms with E-state index in [1.54, 1.807) is 6.20 Å². The van der Waals surface area contributed by atoms with Crippen molar-refractivity contribution in [1.82, 2.24) is 15.6 Å². The van der Waals surface area contributed by atoms with Crippen LogP contribution in [0.1, 0.15) is 37.6 Å². The van der Waals surface area contributed by atoms with Gasteiger partial charge in [0.05, 0.1) is 24.4 Å².